The average molecular weight is 687 g/mol. The van der Waals surface area contributed by atoms with Gasteiger partial charge in [-0.25, -0.2) is 19.3 Å². The third-order valence-electron chi connectivity index (χ3n) is 8.28. The van der Waals surface area contributed by atoms with Gasteiger partial charge in [-0.1, -0.05) is 59.6 Å². The number of rotatable bonds is 14. The second-order valence-corrected chi connectivity index (χ2v) is 12.9. The van der Waals surface area contributed by atoms with Crippen molar-refractivity contribution in [3.05, 3.63) is 77.4 Å². The fourth-order valence-corrected chi connectivity index (χ4v) is 5.72. The summed E-state index contributed by atoms with van der Waals surface area (Å²) < 4.78 is 8.81. The van der Waals surface area contributed by atoms with Crippen LogP contribution in [0.2, 0.25) is 0 Å². The molecule has 0 unspecified atom stereocenters. The lowest BCUT2D eigenvalue weighted by Gasteiger charge is -2.36. The highest BCUT2D eigenvalue weighted by atomic mass is 16.5. The maximum Gasteiger partial charge on any atom is 0.278 e. The van der Waals surface area contributed by atoms with Crippen molar-refractivity contribution >= 4 is 34.6 Å². The van der Waals surface area contributed by atoms with E-state index in [2.05, 4.69) is 78.6 Å². The smallest absolute Gasteiger partial charge is 0.278 e. The third-order valence-corrected chi connectivity index (χ3v) is 8.28. The van der Waals surface area contributed by atoms with Crippen molar-refractivity contribution in [2.75, 3.05) is 56.2 Å². The Hall–Kier alpha value is -4.35. The average Bonchev–Trinajstić information content (AvgIpc) is 3.39. The molecule has 1 aliphatic rings. The first-order valence-electron chi connectivity index (χ1n) is 18.1. The number of anilines is 3. The number of carbonyl (C=O) groups is 1. The summed E-state index contributed by atoms with van der Waals surface area (Å²) in [5.41, 5.74) is 3.20. The lowest BCUT2D eigenvalue weighted by molar-refractivity contribution is -0.106. The van der Waals surface area contributed by atoms with Gasteiger partial charge in [0.15, 0.2) is 11.5 Å². The van der Waals surface area contributed by atoms with Gasteiger partial charge in [-0.3, -0.25) is 9.69 Å². The Morgan fingerprint density at radius 3 is 2.28 bits per heavy atom. The summed E-state index contributed by atoms with van der Waals surface area (Å²) in [5, 5.41) is 3.76. The molecule has 0 amide bonds. The first-order chi connectivity index (χ1) is 24.2. The summed E-state index contributed by atoms with van der Waals surface area (Å²) >= 11 is 0. The van der Waals surface area contributed by atoms with Crippen LogP contribution in [0.25, 0.3) is 16.9 Å². The van der Waals surface area contributed by atoms with Crippen LogP contribution in [-0.4, -0.2) is 81.4 Å². The molecule has 0 aliphatic carbocycles. The van der Waals surface area contributed by atoms with E-state index in [0.717, 1.165) is 57.1 Å². The highest BCUT2D eigenvalue weighted by molar-refractivity contribution is 5.77. The Morgan fingerprint density at radius 1 is 0.960 bits per heavy atom. The number of hydrogen-bond donors (Lipinski definition) is 1. The molecule has 3 aromatic heterocycles. The zero-order valence-electron chi connectivity index (χ0n) is 31.3. The number of nitrogens with zero attached hydrogens (tertiary/aromatic N) is 7. The molecule has 1 aromatic carbocycles. The van der Waals surface area contributed by atoms with Gasteiger partial charge >= 0.3 is 0 Å². The van der Waals surface area contributed by atoms with Crippen molar-refractivity contribution in [2.24, 2.45) is 0 Å². The summed E-state index contributed by atoms with van der Waals surface area (Å²) in [6.45, 7) is 25.2. The van der Waals surface area contributed by atoms with Crippen LogP contribution in [0.1, 0.15) is 79.8 Å². The van der Waals surface area contributed by atoms with E-state index in [1.165, 1.54) is 44.8 Å². The normalized spacial score (nSPS) is 13.2. The fraction of sp³-hybridized carbons (Fsp3) is 0.513. The summed E-state index contributed by atoms with van der Waals surface area (Å²) in [5.74, 6) is 1.04. The van der Waals surface area contributed by atoms with E-state index in [-0.39, 0.29) is 11.0 Å². The van der Waals surface area contributed by atoms with Gasteiger partial charge in [0.05, 0.1) is 6.54 Å². The molecule has 272 valence electrons. The molecule has 1 fully saturated rings. The Morgan fingerprint density at radius 2 is 1.64 bits per heavy atom. The van der Waals surface area contributed by atoms with Gasteiger partial charge in [0.2, 0.25) is 5.95 Å². The van der Waals surface area contributed by atoms with E-state index in [1.807, 2.05) is 32.0 Å². The number of pyridine rings is 1. The highest BCUT2D eigenvalue weighted by Crippen LogP contribution is 2.24. The Labute approximate surface area is 298 Å². The van der Waals surface area contributed by atoms with Crippen LogP contribution in [0, 0.1) is 0 Å². The SMILES string of the molecule is C=CCn1c(=O)c2cnc(Nc3ccc(N4CCN(CCCCCCOCC)CC4)cc3)nc2n1-c1cccc(C(C)(C)C)n1.CC.CC=O. The molecule has 50 heavy (non-hydrogen) atoms. The minimum absolute atomic E-state index is 0.145. The number of aromatic nitrogens is 5. The van der Waals surface area contributed by atoms with Gasteiger partial charge in [0, 0.05) is 68.1 Å². The summed E-state index contributed by atoms with van der Waals surface area (Å²) in [6.07, 6.45) is 8.99. The fourth-order valence-electron chi connectivity index (χ4n) is 5.72. The molecule has 1 saturated heterocycles. The number of allylic oxidation sites excluding steroid dienone is 1. The number of piperazine rings is 1. The van der Waals surface area contributed by atoms with Crippen LogP contribution < -0.4 is 15.8 Å². The number of hydrogen-bond acceptors (Lipinski definition) is 9. The molecule has 1 N–H and O–H groups in total. The largest absolute Gasteiger partial charge is 0.382 e. The van der Waals surface area contributed by atoms with Crippen LogP contribution >= 0.6 is 0 Å². The summed E-state index contributed by atoms with van der Waals surface area (Å²) in [7, 11) is 0. The zero-order chi connectivity index (χ0) is 36.5. The second kappa shape index (κ2) is 20.4. The standard InChI is InChI=1S/C35H48N8O2.C2H4O.C2H6/c1-6-19-42-33(44)29-26-36-34(39-32(29)43(42)31-14-12-13-30(38-31)35(3,4)5)37-27-15-17-28(18-16-27)41-23-21-40(22-24-41)20-10-8-9-11-25-45-7-2;1-2-3;1-2/h6,12-18,26H,1,7-11,19-25H2,2-5H3,(H,36,37,39);2H,1H3;1-2H3. The maximum atomic E-state index is 13.3. The Balaban J connectivity index is 0.00000128. The summed E-state index contributed by atoms with van der Waals surface area (Å²) in [6, 6.07) is 14.3. The molecular formula is C39H58N8O3. The van der Waals surface area contributed by atoms with Crippen molar-refractivity contribution in [1.82, 2.24) is 29.2 Å². The molecule has 0 radical (unpaired) electrons. The van der Waals surface area contributed by atoms with E-state index >= 15 is 0 Å². The number of nitrogens with one attached hydrogen (secondary N) is 1. The predicted octanol–water partition coefficient (Wildman–Crippen LogP) is 7.15. The van der Waals surface area contributed by atoms with E-state index in [9.17, 15) is 4.79 Å². The molecule has 0 spiro atoms. The van der Waals surface area contributed by atoms with Crippen molar-refractivity contribution in [2.45, 2.75) is 86.1 Å². The van der Waals surface area contributed by atoms with Crippen LogP contribution in [-0.2, 0) is 21.5 Å². The van der Waals surface area contributed by atoms with Crippen molar-refractivity contribution in [3.8, 4) is 5.82 Å². The van der Waals surface area contributed by atoms with Crippen LogP contribution in [0.15, 0.2) is 66.1 Å². The monoisotopic (exact) mass is 686 g/mol. The van der Waals surface area contributed by atoms with Gasteiger partial charge < -0.3 is 19.7 Å². The zero-order valence-corrected chi connectivity index (χ0v) is 31.3. The summed E-state index contributed by atoms with van der Waals surface area (Å²) in [4.78, 5) is 41.3. The lowest BCUT2D eigenvalue weighted by Crippen LogP contribution is -2.46. The van der Waals surface area contributed by atoms with E-state index in [1.54, 1.807) is 21.6 Å². The van der Waals surface area contributed by atoms with Crippen molar-refractivity contribution < 1.29 is 9.53 Å². The topological polar surface area (TPSA) is 110 Å². The molecule has 0 bridgehead atoms. The van der Waals surface area contributed by atoms with Crippen LogP contribution in [0.3, 0.4) is 0 Å². The molecule has 4 heterocycles. The van der Waals surface area contributed by atoms with Gasteiger partial charge in [-0.15, -0.1) is 6.58 Å². The molecule has 5 rings (SSSR count). The molecule has 11 nitrogen and oxygen atoms in total. The minimum atomic E-state index is -0.179. The number of ether oxygens (including phenoxy) is 1. The molecule has 4 aromatic rings. The molecule has 0 atom stereocenters. The van der Waals surface area contributed by atoms with Gasteiger partial charge in [-0.05, 0) is 69.6 Å². The van der Waals surface area contributed by atoms with Gasteiger partial charge in [0.25, 0.3) is 5.56 Å². The number of fused-ring (bicyclic) bond motifs is 1. The second-order valence-electron chi connectivity index (χ2n) is 12.9. The highest BCUT2D eigenvalue weighted by Gasteiger charge is 2.21. The lowest BCUT2D eigenvalue weighted by atomic mass is 9.92. The van der Waals surface area contributed by atoms with E-state index < -0.39 is 0 Å². The van der Waals surface area contributed by atoms with Crippen LogP contribution in [0.4, 0.5) is 17.3 Å². The van der Waals surface area contributed by atoms with E-state index in [4.69, 9.17) is 19.5 Å². The number of aldehydes is 1. The number of benzene rings is 1. The van der Waals surface area contributed by atoms with Crippen LogP contribution in [0.5, 0.6) is 0 Å². The molecular weight excluding hydrogens is 628 g/mol. The third kappa shape index (κ3) is 11.1. The minimum Gasteiger partial charge on any atom is -0.382 e. The number of carbonyl (C=O) groups excluding carboxylic acids is 1. The number of unbranched alkanes of at least 4 members (excludes halogenated alkanes) is 3. The van der Waals surface area contributed by atoms with Gasteiger partial charge in [-0.2, -0.15) is 4.98 Å². The molecule has 11 heteroatoms. The van der Waals surface area contributed by atoms with Gasteiger partial charge in [0.1, 0.15) is 11.7 Å². The quantitative estimate of drug-likeness (QED) is 0.0840. The first kappa shape index (κ1) is 40.1. The van der Waals surface area contributed by atoms with Crippen molar-refractivity contribution in [3.63, 3.8) is 0 Å². The maximum absolute atomic E-state index is 13.3. The molecule has 1 aliphatic heterocycles. The Bertz CT molecular complexity index is 1670. The molecule has 0 saturated carbocycles. The predicted molar refractivity (Wildman–Crippen MR) is 206 cm³/mol. The van der Waals surface area contributed by atoms with E-state index in [0.29, 0.717) is 29.3 Å². The Kier molecular flexibility index (Phi) is 16.3. The first-order valence-corrected chi connectivity index (χ1v) is 18.1. The van der Waals surface area contributed by atoms with Crippen molar-refractivity contribution in [1.29, 1.82) is 0 Å².